The van der Waals surface area contributed by atoms with Crippen LogP contribution in [0.25, 0.3) is 0 Å². The number of nitrogens with zero attached hydrogens (tertiary/aromatic N) is 1. The number of piperidine rings is 1. The fourth-order valence-electron chi connectivity index (χ4n) is 3.31. The van der Waals surface area contributed by atoms with Crippen LogP contribution in [0, 0.1) is 0 Å². The van der Waals surface area contributed by atoms with Crippen LogP contribution >= 0.6 is 0 Å². The van der Waals surface area contributed by atoms with Crippen molar-refractivity contribution in [2.24, 2.45) is 0 Å². The maximum atomic E-state index is 12.4. The van der Waals surface area contributed by atoms with Crippen molar-refractivity contribution in [3.05, 3.63) is 35.9 Å². The number of ether oxygens (including phenoxy) is 2. The molecule has 0 spiro atoms. The van der Waals surface area contributed by atoms with Gasteiger partial charge in [0.15, 0.2) is 0 Å². The number of alkyl carbamates (subject to hydrolysis) is 1. The third-order valence-electron chi connectivity index (χ3n) is 4.80. The minimum Gasteiger partial charge on any atom is -0.467 e. The van der Waals surface area contributed by atoms with Crippen LogP contribution in [0.3, 0.4) is 0 Å². The van der Waals surface area contributed by atoms with Gasteiger partial charge in [-0.2, -0.15) is 0 Å². The molecule has 0 aromatic heterocycles. The molecule has 6 heteroatoms. The van der Waals surface area contributed by atoms with Crippen molar-refractivity contribution in [3.8, 4) is 0 Å². The van der Waals surface area contributed by atoms with Gasteiger partial charge in [0.05, 0.1) is 7.11 Å². The molecule has 26 heavy (non-hydrogen) atoms. The predicted molar refractivity (Wildman–Crippen MR) is 99.8 cm³/mol. The zero-order chi connectivity index (χ0) is 19.4. The van der Waals surface area contributed by atoms with Crippen LogP contribution in [0.15, 0.2) is 30.3 Å². The maximum Gasteiger partial charge on any atom is 0.408 e. The van der Waals surface area contributed by atoms with Gasteiger partial charge in [0.1, 0.15) is 11.1 Å². The highest BCUT2D eigenvalue weighted by Crippen LogP contribution is 2.30. The SMILES string of the molecule is COC(=O)C1(NC(=O)OC(C)(C)C)CCN([C@@H](C)c2ccccc2)CC1. The Hall–Kier alpha value is -2.08. The van der Waals surface area contributed by atoms with Gasteiger partial charge in [-0.3, -0.25) is 4.90 Å². The van der Waals surface area contributed by atoms with Crippen molar-refractivity contribution in [3.63, 3.8) is 0 Å². The van der Waals surface area contributed by atoms with Crippen molar-refractivity contribution in [1.82, 2.24) is 10.2 Å². The second kappa shape index (κ2) is 8.08. The standard InChI is InChI=1S/C20H30N2O4/c1-15(16-9-7-6-8-10-16)22-13-11-20(12-14-22,17(23)25-5)21-18(24)26-19(2,3)4/h6-10,15H,11-14H2,1-5H3,(H,21,24)/t15-/m0/s1. The summed E-state index contributed by atoms with van der Waals surface area (Å²) in [5, 5.41) is 2.78. The average molecular weight is 362 g/mol. The quantitative estimate of drug-likeness (QED) is 0.833. The van der Waals surface area contributed by atoms with Gasteiger partial charge in [0.25, 0.3) is 0 Å². The molecular weight excluding hydrogens is 332 g/mol. The molecule has 1 atom stereocenters. The highest BCUT2D eigenvalue weighted by molar-refractivity contribution is 5.86. The Morgan fingerprint density at radius 1 is 1.15 bits per heavy atom. The molecule has 0 aliphatic carbocycles. The molecule has 1 saturated heterocycles. The van der Waals surface area contributed by atoms with Crippen molar-refractivity contribution in [1.29, 1.82) is 0 Å². The van der Waals surface area contributed by atoms with Crippen molar-refractivity contribution in [2.75, 3.05) is 20.2 Å². The van der Waals surface area contributed by atoms with Gasteiger partial charge < -0.3 is 14.8 Å². The number of carbonyl (C=O) groups excluding carboxylic acids is 2. The van der Waals surface area contributed by atoms with Crippen LogP contribution in [-0.4, -0.2) is 48.3 Å². The van der Waals surface area contributed by atoms with Crippen LogP contribution in [-0.2, 0) is 14.3 Å². The molecule has 1 aliphatic heterocycles. The number of rotatable bonds is 4. The summed E-state index contributed by atoms with van der Waals surface area (Å²) in [6.45, 7) is 8.90. The average Bonchev–Trinajstić information content (AvgIpc) is 2.60. The number of nitrogens with one attached hydrogen (secondary N) is 1. The van der Waals surface area contributed by atoms with E-state index in [4.69, 9.17) is 9.47 Å². The van der Waals surface area contributed by atoms with Crippen LogP contribution in [0.4, 0.5) is 4.79 Å². The monoisotopic (exact) mass is 362 g/mol. The number of likely N-dealkylation sites (tertiary alicyclic amines) is 1. The van der Waals surface area contributed by atoms with E-state index in [-0.39, 0.29) is 6.04 Å². The molecule has 1 N–H and O–H groups in total. The Bertz CT molecular complexity index is 616. The van der Waals surface area contributed by atoms with Gasteiger partial charge in [0.2, 0.25) is 0 Å². The molecule has 2 rings (SSSR count). The Morgan fingerprint density at radius 3 is 2.23 bits per heavy atom. The van der Waals surface area contributed by atoms with Crippen LogP contribution in [0.1, 0.15) is 52.1 Å². The van der Waals surface area contributed by atoms with E-state index in [0.717, 1.165) is 0 Å². The van der Waals surface area contributed by atoms with E-state index >= 15 is 0 Å². The highest BCUT2D eigenvalue weighted by atomic mass is 16.6. The summed E-state index contributed by atoms with van der Waals surface area (Å²) in [6, 6.07) is 10.5. The van der Waals surface area contributed by atoms with E-state index in [2.05, 4.69) is 29.3 Å². The Balaban J connectivity index is 2.07. The lowest BCUT2D eigenvalue weighted by atomic mass is 9.86. The van der Waals surface area contributed by atoms with Crippen LogP contribution < -0.4 is 5.32 Å². The van der Waals surface area contributed by atoms with E-state index < -0.39 is 23.2 Å². The van der Waals surface area contributed by atoms with Gasteiger partial charge in [-0.25, -0.2) is 9.59 Å². The first kappa shape index (κ1) is 20.2. The molecule has 0 bridgehead atoms. The van der Waals surface area contributed by atoms with Gasteiger partial charge >= 0.3 is 12.1 Å². The molecule has 144 valence electrons. The Labute approximate surface area is 155 Å². The summed E-state index contributed by atoms with van der Waals surface area (Å²) in [6.07, 6.45) is 0.374. The minimum absolute atomic E-state index is 0.244. The zero-order valence-electron chi connectivity index (χ0n) is 16.4. The predicted octanol–water partition coefficient (Wildman–Crippen LogP) is 3.28. The lowest BCUT2D eigenvalue weighted by molar-refractivity contribution is -0.151. The van der Waals surface area contributed by atoms with E-state index in [1.165, 1.54) is 12.7 Å². The summed E-state index contributed by atoms with van der Waals surface area (Å²) in [7, 11) is 1.35. The molecule has 1 amide bonds. The van der Waals surface area contributed by atoms with Gasteiger partial charge in [-0.1, -0.05) is 30.3 Å². The topological polar surface area (TPSA) is 67.9 Å². The molecule has 1 aromatic rings. The molecule has 1 aromatic carbocycles. The third kappa shape index (κ3) is 4.97. The second-order valence-electron chi connectivity index (χ2n) is 7.82. The zero-order valence-corrected chi connectivity index (χ0v) is 16.4. The minimum atomic E-state index is -1.04. The molecule has 0 unspecified atom stereocenters. The van der Waals surface area contributed by atoms with Gasteiger partial charge in [0, 0.05) is 19.1 Å². The molecule has 1 aliphatic rings. The summed E-state index contributed by atoms with van der Waals surface area (Å²) in [5.74, 6) is -0.421. The number of esters is 1. The summed E-state index contributed by atoms with van der Waals surface area (Å²) in [5.41, 5.74) is -0.424. The first-order chi connectivity index (χ1) is 12.2. The smallest absolute Gasteiger partial charge is 0.408 e. The molecule has 1 fully saturated rings. The number of benzene rings is 1. The number of hydrogen-bond donors (Lipinski definition) is 1. The number of carbonyl (C=O) groups is 2. The van der Waals surface area contributed by atoms with Gasteiger partial charge in [-0.05, 0) is 46.1 Å². The van der Waals surface area contributed by atoms with Crippen molar-refractivity contribution >= 4 is 12.1 Å². The van der Waals surface area contributed by atoms with E-state index in [0.29, 0.717) is 25.9 Å². The summed E-state index contributed by atoms with van der Waals surface area (Å²) < 4.78 is 10.3. The van der Waals surface area contributed by atoms with Crippen LogP contribution in [0.2, 0.25) is 0 Å². The number of methoxy groups -OCH3 is 1. The fourth-order valence-corrected chi connectivity index (χ4v) is 3.31. The van der Waals surface area contributed by atoms with E-state index in [1.54, 1.807) is 20.8 Å². The Kier molecular flexibility index (Phi) is 6.29. The fraction of sp³-hybridized carbons (Fsp3) is 0.600. The highest BCUT2D eigenvalue weighted by Gasteiger charge is 2.45. The van der Waals surface area contributed by atoms with Crippen molar-refractivity contribution in [2.45, 2.75) is 57.7 Å². The maximum absolute atomic E-state index is 12.4. The first-order valence-corrected chi connectivity index (χ1v) is 9.05. The first-order valence-electron chi connectivity index (χ1n) is 9.05. The Morgan fingerprint density at radius 2 is 1.73 bits per heavy atom. The molecule has 6 nitrogen and oxygen atoms in total. The largest absolute Gasteiger partial charge is 0.467 e. The van der Waals surface area contributed by atoms with Crippen LogP contribution in [0.5, 0.6) is 0 Å². The lowest BCUT2D eigenvalue weighted by Crippen LogP contribution is -2.61. The normalized spacial score (nSPS) is 18.7. The summed E-state index contributed by atoms with van der Waals surface area (Å²) >= 11 is 0. The molecule has 0 saturated carbocycles. The lowest BCUT2D eigenvalue weighted by Gasteiger charge is -2.42. The molecular formula is C20H30N2O4. The second-order valence-corrected chi connectivity index (χ2v) is 7.82. The van der Waals surface area contributed by atoms with Gasteiger partial charge in [-0.15, -0.1) is 0 Å². The summed E-state index contributed by atoms with van der Waals surface area (Å²) in [4.78, 5) is 27.0. The van der Waals surface area contributed by atoms with Crippen molar-refractivity contribution < 1.29 is 19.1 Å². The molecule has 0 radical (unpaired) electrons. The van der Waals surface area contributed by atoms with E-state index in [1.807, 2.05) is 18.2 Å². The molecule has 1 heterocycles. The number of hydrogen-bond acceptors (Lipinski definition) is 5. The van der Waals surface area contributed by atoms with E-state index in [9.17, 15) is 9.59 Å². The number of amides is 1. The third-order valence-corrected chi connectivity index (χ3v) is 4.80.